The summed E-state index contributed by atoms with van der Waals surface area (Å²) in [7, 11) is -3.23. The molecule has 202 valence electrons. The first kappa shape index (κ1) is 27.3. The number of carbonyl (C=O) groups excluding carboxylic acids is 1. The molecule has 1 heterocycles. The number of para-hydroxylation sites is 1. The molecule has 0 atom stereocenters. The summed E-state index contributed by atoms with van der Waals surface area (Å²) in [4.78, 5) is 13.7. The monoisotopic (exact) mass is 556 g/mol. The molecule has 3 aromatic carbocycles. The summed E-state index contributed by atoms with van der Waals surface area (Å²) in [5.74, 6) is -0.713. The van der Waals surface area contributed by atoms with E-state index in [0.29, 0.717) is 6.07 Å². The lowest BCUT2D eigenvalue weighted by Crippen LogP contribution is -2.50. The van der Waals surface area contributed by atoms with Crippen LogP contribution in [0.15, 0.2) is 71.6 Å². The smallest absolute Gasteiger partial charge is 0.416 e. The van der Waals surface area contributed by atoms with Gasteiger partial charge in [-0.25, -0.2) is 12.7 Å². The quantitative estimate of drug-likeness (QED) is 0.356. The Labute approximate surface area is 215 Å². The Morgan fingerprint density at radius 2 is 1.71 bits per heavy atom. The number of benzene rings is 3. The van der Waals surface area contributed by atoms with E-state index in [-0.39, 0.29) is 41.3 Å². The molecular weight excluding hydrogens is 535 g/mol. The summed E-state index contributed by atoms with van der Waals surface area (Å²) < 4.78 is 104. The first-order valence-corrected chi connectivity index (χ1v) is 12.5. The van der Waals surface area contributed by atoms with E-state index in [1.807, 2.05) is 0 Å². The third kappa shape index (κ3) is 5.43. The number of carbonyl (C=O) groups is 1. The molecule has 0 aromatic heterocycles. The number of halogens is 5. The molecule has 0 saturated carbocycles. The minimum atomic E-state index is -4.78. The van der Waals surface area contributed by atoms with Gasteiger partial charge in [-0.15, -0.1) is 0 Å². The number of amides is 1. The van der Waals surface area contributed by atoms with Crippen molar-refractivity contribution in [1.29, 1.82) is 0 Å². The van der Waals surface area contributed by atoms with Crippen molar-refractivity contribution in [1.82, 2.24) is 4.90 Å². The lowest BCUT2D eigenvalue weighted by atomic mass is 10.00. The Kier molecular flexibility index (Phi) is 7.61. The lowest BCUT2D eigenvalue weighted by molar-refractivity contribution is -0.137. The second kappa shape index (κ2) is 10.6. The van der Waals surface area contributed by atoms with Crippen LogP contribution in [0.25, 0.3) is 11.1 Å². The van der Waals surface area contributed by atoms with Crippen LogP contribution >= 0.6 is 0 Å². The highest BCUT2D eigenvalue weighted by atomic mass is 32.2. The van der Waals surface area contributed by atoms with Crippen molar-refractivity contribution in [3.8, 4) is 16.9 Å². The predicted octanol–water partition coefficient (Wildman–Crippen LogP) is 5.23. The number of ether oxygens (including phenoxy) is 2. The first-order valence-electron chi connectivity index (χ1n) is 11.1. The topological polar surface area (TPSA) is 76.2 Å². The molecule has 0 fully saturated rings. The van der Waals surface area contributed by atoms with Gasteiger partial charge in [-0.05, 0) is 42.0 Å². The summed E-state index contributed by atoms with van der Waals surface area (Å²) in [6.45, 7) is -3.54. The van der Waals surface area contributed by atoms with Gasteiger partial charge in [-0.1, -0.05) is 30.3 Å². The van der Waals surface area contributed by atoms with Crippen molar-refractivity contribution in [3.05, 3.63) is 77.9 Å². The minimum absolute atomic E-state index is 0.0101. The summed E-state index contributed by atoms with van der Waals surface area (Å²) in [5, 5.41) is 0. The van der Waals surface area contributed by atoms with Crippen LogP contribution in [0.4, 0.5) is 27.6 Å². The number of rotatable bonds is 8. The third-order valence-electron chi connectivity index (χ3n) is 5.81. The molecule has 1 amide bonds. The molecule has 0 radical (unpaired) electrons. The molecular formula is C25H21F5N2O5S. The second-order valence-corrected chi connectivity index (χ2v) is 10.1. The van der Waals surface area contributed by atoms with Gasteiger partial charge < -0.3 is 14.4 Å². The van der Waals surface area contributed by atoms with Gasteiger partial charge in [0.25, 0.3) is 15.9 Å². The zero-order valence-corrected chi connectivity index (χ0v) is 20.6. The fourth-order valence-corrected chi connectivity index (χ4v) is 5.48. The van der Waals surface area contributed by atoms with Gasteiger partial charge in [0, 0.05) is 19.2 Å². The highest BCUT2D eigenvalue weighted by molar-refractivity contribution is 7.92. The number of nitrogens with zero attached hydrogens (tertiary/aromatic N) is 2. The number of hydrogen-bond acceptors (Lipinski definition) is 5. The number of methoxy groups -OCH3 is 1. The third-order valence-corrected chi connectivity index (χ3v) is 7.55. The van der Waals surface area contributed by atoms with Gasteiger partial charge in [0.05, 0.1) is 28.3 Å². The van der Waals surface area contributed by atoms with Gasteiger partial charge in [0.15, 0.2) is 0 Å². The van der Waals surface area contributed by atoms with Gasteiger partial charge in [0.1, 0.15) is 12.4 Å². The van der Waals surface area contributed by atoms with Crippen LogP contribution in [0.5, 0.6) is 5.75 Å². The highest BCUT2D eigenvalue weighted by Gasteiger charge is 2.38. The molecule has 0 spiro atoms. The number of sulfonamides is 1. The van der Waals surface area contributed by atoms with Crippen LogP contribution in [0.2, 0.25) is 0 Å². The minimum Gasteiger partial charge on any atom is -0.434 e. The van der Waals surface area contributed by atoms with E-state index in [2.05, 4.69) is 4.74 Å². The lowest BCUT2D eigenvalue weighted by Gasteiger charge is -2.37. The van der Waals surface area contributed by atoms with Gasteiger partial charge in [0.2, 0.25) is 0 Å². The highest BCUT2D eigenvalue weighted by Crippen LogP contribution is 2.39. The Morgan fingerprint density at radius 3 is 2.39 bits per heavy atom. The second-order valence-electron chi connectivity index (χ2n) is 8.19. The van der Waals surface area contributed by atoms with E-state index in [1.165, 1.54) is 48.4 Å². The van der Waals surface area contributed by atoms with E-state index in [4.69, 9.17) is 4.74 Å². The average molecular weight is 557 g/mol. The van der Waals surface area contributed by atoms with Gasteiger partial charge in [-0.2, -0.15) is 22.0 Å². The molecule has 0 aliphatic carbocycles. The maximum Gasteiger partial charge on any atom is 0.416 e. The summed E-state index contributed by atoms with van der Waals surface area (Å²) in [5.41, 5.74) is -0.872. The van der Waals surface area contributed by atoms with Crippen molar-refractivity contribution < 1.29 is 44.6 Å². The largest absolute Gasteiger partial charge is 0.434 e. The van der Waals surface area contributed by atoms with Crippen molar-refractivity contribution in [2.75, 3.05) is 31.2 Å². The molecule has 7 nitrogen and oxygen atoms in total. The maximum absolute atomic E-state index is 13.7. The van der Waals surface area contributed by atoms with E-state index >= 15 is 0 Å². The molecule has 3 aromatic rings. The van der Waals surface area contributed by atoms with Crippen LogP contribution in [0.3, 0.4) is 0 Å². The molecule has 0 unspecified atom stereocenters. The molecule has 0 bridgehead atoms. The summed E-state index contributed by atoms with van der Waals surface area (Å²) in [6.07, 6.45) is -4.78. The van der Waals surface area contributed by atoms with E-state index in [0.717, 1.165) is 22.5 Å². The van der Waals surface area contributed by atoms with Crippen LogP contribution in [0.1, 0.15) is 15.9 Å². The van der Waals surface area contributed by atoms with Crippen molar-refractivity contribution in [3.63, 3.8) is 0 Å². The van der Waals surface area contributed by atoms with E-state index in [9.17, 15) is 35.2 Å². The van der Waals surface area contributed by atoms with Crippen molar-refractivity contribution in [2.24, 2.45) is 0 Å². The zero-order valence-electron chi connectivity index (χ0n) is 19.8. The zero-order chi connectivity index (χ0) is 27.7. The van der Waals surface area contributed by atoms with Crippen LogP contribution in [0, 0.1) is 0 Å². The fourth-order valence-electron chi connectivity index (χ4n) is 4.00. The normalized spacial score (nSPS) is 14.1. The van der Waals surface area contributed by atoms with E-state index in [1.54, 1.807) is 6.07 Å². The van der Waals surface area contributed by atoms with Crippen LogP contribution in [-0.2, 0) is 20.9 Å². The molecule has 13 heteroatoms. The molecule has 38 heavy (non-hydrogen) atoms. The maximum atomic E-state index is 13.7. The SMILES string of the molecule is COCCN1CN(S(=O)(=O)c2cccc(C(F)(F)F)c2)c2cc(-c3ccccc3OC(F)F)ccc2C1=O. The Balaban J connectivity index is 1.87. The fraction of sp³-hybridized carbons (Fsp3) is 0.240. The predicted molar refractivity (Wildman–Crippen MR) is 127 cm³/mol. The Hall–Kier alpha value is -3.71. The molecule has 0 N–H and O–H groups in total. The van der Waals surface area contributed by atoms with E-state index < -0.39 is 45.8 Å². The summed E-state index contributed by atoms with van der Waals surface area (Å²) >= 11 is 0. The van der Waals surface area contributed by atoms with Gasteiger partial charge in [-0.3, -0.25) is 4.79 Å². The Morgan fingerprint density at radius 1 is 0.974 bits per heavy atom. The molecule has 4 rings (SSSR count). The van der Waals surface area contributed by atoms with Crippen LogP contribution < -0.4 is 9.04 Å². The van der Waals surface area contributed by atoms with Crippen molar-refractivity contribution in [2.45, 2.75) is 17.7 Å². The number of alkyl halides is 5. The molecule has 0 saturated heterocycles. The number of anilines is 1. The molecule has 1 aliphatic heterocycles. The first-order chi connectivity index (χ1) is 17.9. The van der Waals surface area contributed by atoms with Gasteiger partial charge >= 0.3 is 12.8 Å². The average Bonchev–Trinajstić information content (AvgIpc) is 2.87. The number of fused-ring (bicyclic) bond motifs is 1. The van der Waals surface area contributed by atoms with Crippen LogP contribution in [-0.4, -0.2) is 52.8 Å². The standard InChI is InChI=1S/C25H21F5N2O5S/c1-36-12-11-31-15-32(38(34,35)18-6-4-5-17(14-18)25(28,29)30)21-13-16(9-10-20(21)23(31)33)19-7-2-3-8-22(19)37-24(26)27/h2-10,13-14,24H,11-12,15H2,1H3. The van der Waals surface area contributed by atoms with Crippen molar-refractivity contribution >= 4 is 21.6 Å². The Bertz CT molecular complexity index is 1450. The number of hydrogen-bond donors (Lipinski definition) is 0. The summed E-state index contributed by atoms with van der Waals surface area (Å²) in [6, 6.07) is 13.1. The molecule has 1 aliphatic rings.